The molecule has 0 bridgehead atoms. The first kappa shape index (κ1) is 99.1. The number of aliphatic hydroxyl groups excluding tert-OH is 1. The third kappa shape index (κ3) is 74.7. The highest BCUT2D eigenvalue weighted by molar-refractivity contribution is 7.47. The number of aliphatic hydroxyl groups is 1. The Labute approximate surface area is 619 Å². The smallest absolute Gasteiger partial charge is 0.462 e. The molecule has 0 aromatic carbocycles. The van der Waals surface area contributed by atoms with E-state index in [2.05, 4.69) is 55.4 Å². The van der Waals surface area contributed by atoms with Crippen LogP contribution in [-0.4, -0.2) is 96.7 Å². The fourth-order valence-electron chi connectivity index (χ4n) is 12.6. The molecule has 6 atom stereocenters. The number of hydrogen-bond acceptors (Lipinski definition) is 15. The summed E-state index contributed by atoms with van der Waals surface area (Å²) in [6.45, 7) is 14.3. The van der Waals surface area contributed by atoms with Crippen LogP contribution in [0.4, 0.5) is 0 Å². The van der Waals surface area contributed by atoms with Crippen molar-refractivity contribution in [2.75, 3.05) is 39.6 Å². The summed E-state index contributed by atoms with van der Waals surface area (Å²) in [6.07, 6.45) is 58.4. The van der Waals surface area contributed by atoms with Crippen LogP contribution in [0.15, 0.2) is 0 Å². The fraction of sp³-hybridized carbons (Fsp3) is 0.951. The lowest BCUT2D eigenvalue weighted by Crippen LogP contribution is -2.30. The van der Waals surface area contributed by atoms with E-state index in [1.165, 1.54) is 225 Å². The summed E-state index contributed by atoms with van der Waals surface area (Å²) in [5.41, 5.74) is 0. The molecule has 0 heterocycles. The zero-order valence-corrected chi connectivity index (χ0v) is 68.3. The molecule has 0 aromatic heterocycles. The second kappa shape index (κ2) is 71.0. The van der Waals surface area contributed by atoms with Gasteiger partial charge in [0.15, 0.2) is 12.2 Å². The predicted molar refractivity (Wildman–Crippen MR) is 414 cm³/mol. The quantitative estimate of drug-likeness (QED) is 0.0222. The first-order valence-corrected chi connectivity index (χ1v) is 45.2. The summed E-state index contributed by atoms with van der Waals surface area (Å²) in [7, 11) is -9.92. The lowest BCUT2D eigenvalue weighted by Gasteiger charge is -2.21. The molecule has 19 heteroatoms. The summed E-state index contributed by atoms with van der Waals surface area (Å²) < 4.78 is 68.7. The van der Waals surface area contributed by atoms with Gasteiger partial charge in [0.1, 0.15) is 19.3 Å². The highest BCUT2D eigenvalue weighted by atomic mass is 31.2. The topological polar surface area (TPSA) is 237 Å². The van der Waals surface area contributed by atoms with Crippen LogP contribution in [0.5, 0.6) is 0 Å². The van der Waals surface area contributed by atoms with Crippen molar-refractivity contribution in [3.63, 3.8) is 0 Å². The Morgan fingerprint density at radius 3 is 0.703 bits per heavy atom. The van der Waals surface area contributed by atoms with Crippen LogP contribution in [-0.2, 0) is 65.4 Å². The lowest BCUT2D eigenvalue weighted by molar-refractivity contribution is -0.161. The van der Waals surface area contributed by atoms with Gasteiger partial charge in [-0.3, -0.25) is 37.3 Å². The van der Waals surface area contributed by atoms with E-state index in [1.807, 2.05) is 0 Å². The number of rotatable bonds is 79. The highest BCUT2D eigenvalue weighted by Crippen LogP contribution is 2.45. The van der Waals surface area contributed by atoms with Crippen molar-refractivity contribution in [2.45, 2.75) is 440 Å². The molecule has 0 rings (SSSR count). The average molecular weight is 1480 g/mol. The maximum Gasteiger partial charge on any atom is 0.472 e. The Hall–Kier alpha value is -1.94. The van der Waals surface area contributed by atoms with Gasteiger partial charge in [-0.2, -0.15) is 0 Å². The van der Waals surface area contributed by atoms with Gasteiger partial charge in [-0.25, -0.2) is 9.13 Å². The molecule has 0 aliphatic heterocycles. The largest absolute Gasteiger partial charge is 0.472 e. The maximum absolute atomic E-state index is 13.1. The van der Waals surface area contributed by atoms with Crippen molar-refractivity contribution in [1.29, 1.82) is 0 Å². The van der Waals surface area contributed by atoms with Gasteiger partial charge >= 0.3 is 39.5 Å². The molecule has 0 saturated carbocycles. The molecule has 0 aromatic rings. The molecular weight excluding hydrogens is 1320 g/mol. The third-order valence-electron chi connectivity index (χ3n) is 19.4. The maximum atomic E-state index is 13.1. The van der Waals surface area contributed by atoms with Crippen LogP contribution in [0.25, 0.3) is 0 Å². The molecular formula is C82H160O17P2. The van der Waals surface area contributed by atoms with E-state index in [1.54, 1.807) is 0 Å². The van der Waals surface area contributed by atoms with Crippen molar-refractivity contribution >= 4 is 39.5 Å². The van der Waals surface area contributed by atoms with Crippen LogP contribution < -0.4 is 0 Å². The van der Waals surface area contributed by atoms with E-state index in [0.29, 0.717) is 25.7 Å². The molecule has 4 unspecified atom stereocenters. The van der Waals surface area contributed by atoms with E-state index in [-0.39, 0.29) is 25.7 Å². The second-order valence-corrected chi connectivity index (χ2v) is 34.1. The van der Waals surface area contributed by atoms with Gasteiger partial charge in [0.25, 0.3) is 0 Å². The van der Waals surface area contributed by atoms with Gasteiger partial charge in [-0.1, -0.05) is 370 Å². The minimum atomic E-state index is -4.96. The second-order valence-electron chi connectivity index (χ2n) is 31.2. The minimum Gasteiger partial charge on any atom is -0.462 e. The van der Waals surface area contributed by atoms with Crippen LogP contribution in [0, 0.1) is 23.7 Å². The standard InChI is InChI=1S/C82H160O17P2/c1-9-75(8)61-53-45-37-27-23-19-16-17-21-25-29-40-48-56-64-81(86)98-77(68-92-79(84)62-54-46-38-28-24-20-15-13-11-10-12-14-18-22-26-34-42-50-58-72(2)3)70-96-100(88,89)94-66-76(83)67-95-101(90,91)97-71-78(99-82(87)65-57-49-41-33-31-36-44-52-60-74(6)7)69-93-80(85)63-55-47-39-32-30-35-43-51-59-73(4)5/h72-78,83H,9-71H2,1-8H3,(H,88,89)(H,90,91)/t75?,76?,77-,78-/m1/s1. The van der Waals surface area contributed by atoms with E-state index in [9.17, 15) is 43.2 Å². The molecule has 3 N–H and O–H groups in total. The van der Waals surface area contributed by atoms with Gasteiger partial charge in [0.05, 0.1) is 26.4 Å². The molecule has 0 saturated heterocycles. The van der Waals surface area contributed by atoms with Gasteiger partial charge in [0, 0.05) is 25.7 Å². The SMILES string of the molecule is CCC(C)CCCCCCCCCCCCCCCCC(=O)O[C@H](COC(=O)CCCCCCCCCCCCCCCCCCCCC(C)C)COP(=O)(O)OCC(O)COP(=O)(O)OC[C@@H](COC(=O)CCCCCCCCCCC(C)C)OC(=O)CCCCCCCCCCC(C)C. The van der Waals surface area contributed by atoms with Crippen molar-refractivity contribution in [1.82, 2.24) is 0 Å². The molecule has 0 fully saturated rings. The molecule has 0 aliphatic rings. The lowest BCUT2D eigenvalue weighted by atomic mass is 9.99. The van der Waals surface area contributed by atoms with E-state index in [4.69, 9.17) is 37.0 Å². The fourth-order valence-corrected chi connectivity index (χ4v) is 14.2. The molecule has 17 nitrogen and oxygen atoms in total. The van der Waals surface area contributed by atoms with Gasteiger partial charge in [-0.05, 0) is 49.4 Å². The number of phosphoric acid groups is 2. The summed E-state index contributed by atoms with van der Waals surface area (Å²) in [6, 6.07) is 0. The van der Waals surface area contributed by atoms with E-state index >= 15 is 0 Å². The van der Waals surface area contributed by atoms with Gasteiger partial charge in [-0.15, -0.1) is 0 Å². The molecule has 600 valence electrons. The summed E-state index contributed by atoms with van der Waals surface area (Å²) >= 11 is 0. The molecule has 0 aliphatic carbocycles. The zero-order valence-electron chi connectivity index (χ0n) is 66.5. The minimum absolute atomic E-state index is 0.104. The highest BCUT2D eigenvalue weighted by Gasteiger charge is 2.30. The average Bonchev–Trinajstić information content (AvgIpc) is 1.07. The van der Waals surface area contributed by atoms with Crippen LogP contribution in [0.2, 0.25) is 0 Å². The molecule has 0 amide bonds. The number of esters is 4. The zero-order chi connectivity index (χ0) is 74.6. The van der Waals surface area contributed by atoms with Crippen molar-refractivity contribution < 1.29 is 80.2 Å². The van der Waals surface area contributed by atoms with Crippen molar-refractivity contribution in [3.8, 4) is 0 Å². The number of hydrogen-bond donors (Lipinski definition) is 3. The molecule has 0 radical (unpaired) electrons. The van der Waals surface area contributed by atoms with Crippen molar-refractivity contribution in [3.05, 3.63) is 0 Å². The van der Waals surface area contributed by atoms with E-state index < -0.39 is 97.5 Å². The Morgan fingerprint density at radius 1 is 0.277 bits per heavy atom. The van der Waals surface area contributed by atoms with Crippen LogP contribution in [0.3, 0.4) is 0 Å². The Balaban J connectivity index is 5.21. The predicted octanol–water partition coefficient (Wildman–Crippen LogP) is 24.4. The Kier molecular flexibility index (Phi) is 69.6. The number of carbonyl (C=O) groups is 4. The number of ether oxygens (including phenoxy) is 4. The summed E-state index contributed by atoms with van der Waals surface area (Å²) in [4.78, 5) is 73.0. The van der Waals surface area contributed by atoms with Crippen LogP contribution >= 0.6 is 15.6 Å². The number of unbranched alkanes of at least 4 members (excludes halogenated alkanes) is 44. The monoisotopic (exact) mass is 1480 g/mol. The first-order valence-electron chi connectivity index (χ1n) is 42.2. The summed E-state index contributed by atoms with van der Waals surface area (Å²) in [5, 5.41) is 10.6. The summed E-state index contributed by atoms with van der Waals surface area (Å²) in [5.74, 6) is 0.998. The Bertz CT molecular complexity index is 1970. The van der Waals surface area contributed by atoms with Crippen LogP contribution in [0.1, 0.15) is 421 Å². The van der Waals surface area contributed by atoms with E-state index in [0.717, 1.165) is 114 Å². The molecule has 101 heavy (non-hydrogen) atoms. The number of carbonyl (C=O) groups excluding carboxylic acids is 4. The third-order valence-corrected chi connectivity index (χ3v) is 21.3. The van der Waals surface area contributed by atoms with Gasteiger partial charge < -0.3 is 33.8 Å². The molecule has 0 spiro atoms. The number of phosphoric ester groups is 2. The van der Waals surface area contributed by atoms with Crippen molar-refractivity contribution in [2.24, 2.45) is 23.7 Å². The normalized spacial score (nSPS) is 14.3. The Morgan fingerprint density at radius 2 is 0.475 bits per heavy atom. The van der Waals surface area contributed by atoms with Gasteiger partial charge in [0.2, 0.25) is 0 Å². The first-order chi connectivity index (χ1) is 48.6.